The van der Waals surface area contributed by atoms with E-state index in [1.807, 2.05) is 0 Å². The number of amides is 1. The number of aliphatic hydroxyl groups is 1. The summed E-state index contributed by atoms with van der Waals surface area (Å²) >= 11 is 0. The van der Waals surface area contributed by atoms with Crippen molar-refractivity contribution in [1.82, 2.24) is 5.48 Å². The van der Waals surface area contributed by atoms with Crippen molar-refractivity contribution in [2.45, 2.75) is 57.3 Å². The molecule has 2 atom stereocenters. The van der Waals surface area contributed by atoms with Crippen LogP contribution in [-0.4, -0.2) is 54.3 Å². The van der Waals surface area contributed by atoms with Crippen molar-refractivity contribution in [3.05, 3.63) is 70.1 Å². The molecule has 208 valence electrons. The molecule has 1 aliphatic rings. The number of esters is 1. The van der Waals surface area contributed by atoms with Crippen LogP contribution in [0.2, 0.25) is 0 Å². The molecule has 39 heavy (non-hydrogen) atoms. The molecule has 0 aromatic heterocycles. The minimum absolute atomic E-state index is 0.0242. The van der Waals surface area contributed by atoms with E-state index in [1.54, 1.807) is 69.3 Å². The van der Waals surface area contributed by atoms with Crippen LogP contribution in [0, 0.1) is 0 Å². The molecule has 2 N–H and O–H groups in total. The number of benzene rings is 2. The zero-order valence-electron chi connectivity index (χ0n) is 22.4. The molecule has 0 bridgehead atoms. The van der Waals surface area contributed by atoms with Gasteiger partial charge in [0.05, 0.1) is 13.7 Å². The number of aliphatic hydroxyl groups excluding tert-OH is 1. The summed E-state index contributed by atoms with van der Waals surface area (Å²) in [7, 11) is 1.29. The molecule has 1 aliphatic heterocycles. The zero-order valence-corrected chi connectivity index (χ0v) is 22.4. The fourth-order valence-electron chi connectivity index (χ4n) is 4.06. The molecule has 0 aliphatic carbocycles. The van der Waals surface area contributed by atoms with Gasteiger partial charge in [0.25, 0.3) is 5.91 Å². The monoisotopic (exact) mass is 539 g/mol. The normalized spacial score (nSPS) is 18.4. The van der Waals surface area contributed by atoms with Crippen LogP contribution in [0.15, 0.2) is 58.6 Å². The average molecular weight is 540 g/mol. The molecule has 0 spiro atoms. The van der Waals surface area contributed by atoms with Crippen LogP contribution in [0.4, 0.5) is 5.69 Å². The van der Waals surface area contributed by atoms with Gasteiger partial charge in [-0.3, -0.25) is 14.4 Å². The number of ether oxygens (including phenoxy) is 3. The summed E-state index contributed by atoms with van der Waals surface area (Å²) in [6.07, 6.45) is -0.796. The number of carbonyl (C=O) groups is 2. The van der Waals surface area contributed by atoms with E-state index < -0.39 is 29.1 Å². The highest BCUT2D eigenvalue weighted by Gasteiger charge is 2.54. The Bertz CT molecular complexity index is 1240. The van der Waals surface area contributed by atoms with Crippen molar-refractivity contribution in [3.63, 3.8) is 0 Å². The molecule has 1 heterocycles. The van der Waals surface area contributed by atoms with Crippen LogP contribution in [-0.2, 0) is 23.9 Å². The van der Waals surface area contributed by atoms with E-state index in [-0.39, 0.29) is 31.0 Å². The Balaban J connectivity index is 2.07. The predicted molar refractivity (Wildman–Crippen MR) is 142 cm³/mol. The highest BCUT2D eigenvalue weighted by molar-refractivity contribution is 6.01. The molecular weight excluding hydrogens is 506 g/mol. The van der Waals surface area contributed by atoms with Crippen LogP contribution >= 0.6 is 0 Å². The highest BCUT2D eigenvalue weighted by Crippen LogP contribution is 2.46. The van der Waals surface area contributed by atoms with E-state index in [9.17, 15) is 9.59 Å². The highest BCUT2D eigenvalue weighted by atomic mass is 16.6. The molecule has 0 radical (unpaired) electrons. The Hall–Kier alpha value is -4.12. The summed E-state index contributed by atoms with van der Waals surface area (Å²) in [4.78, 5) is 38.8. The second-order valence-corrected chi connectivity index (χ2v) is 9.76. The lowest BCUT2D eigenvalue weighted by atomic mass is 9.83. The summed E-state index contributed by atoms with van der Waals surface area (Å²) in [5.41, 5.74) is 10.3. The number of hydrogen-bond acceptors (Lipinski definition) is 9. The van der Waals surface area contributed by atoms with E-state index in [0.717, 1.165) is 0 Å². The van der Waals surface area contributed by atoms with Gasteiger partial charge in [-0.2, -0.15) is 0 Å². The third kappa shape index (κ3) is 7.47. The molecule has 2 aromatic carbocycles. The Labute approximate surface area is 226 Å². The number of azide groups is 1. The van der Waals surface area contributed by atoms with Crippen molar-refractivity contribution in [1.29, 1.82) is 0 Å². The first-order valence-electron chi connectivity index (χ1n) is 12.4. The molecule has 0 saturated heterocycles. The number of nitrogens with one attached hydrogen (secondary N) is 1. The lowest BCUT2D eigenvalue weighted by molar-refractivity contribution is -0.155. The Morgan fingerprint density at radius 3 is 2.56 bits per heavy atom. The largest absolute Gasteiger partial charge is 0.494 e. The van der Waals surface area contributed by atoms with Gasteiger partial charge in [0.1, 0.15) is 11.4 Å². The Morgan fingerprint density at radius 1 is 1.21 bits per heavy atom. The van der Waals surface area contributed by atoms with Gasteiger partial charge in [-0.25, -0.2) is 10.5 Å². The number of hydroxylamine groups is 1. The van der Waals surface area contributed by atoms with Crippen LogP contribution < -0.4 is 10.2 Å². The molecule has 0 saturated carbocycles. The van der Waals surface area contributed by atoms with E-state index in [0.29, 0.717) is 29.9 Å². The third-order valence-corrected chi connectivity index (χ3v) is 5.73. The Kier molecular flexibility index (Phi) is 9.89. The van der Waals surface area contributed by atoms with Gasteiger partial charge >= 0.3 is 5.97 Å². The summed E-state index contributed by atoms with van der Waals surface area (Å²) in [5.74, 6) is -0.423. The summed E-state index contributed by atoms with van der Waals surface area (Å²) in [6.45, 7) is 5.64. The maximum absolute atomic E-state index is 13.6. The van der Waals surface area contributed by atoms with Crippen molar-refractivity contribution in [2.75, 3.05) is 20.3 Å². The van der Waals surface area contributed by atoms with Crippen molar-refractivity contribution < 1.29 is 33.7 Å². The molecule has 0 fully saturated rings. The second kappa shape index (κ2) is 13.1. The first-order valence-corrected chi connectivity index (χ1v) is 12.4. The molecule has 3 rings (SSSR count). The quantitative estimate of drug-likeness (QED) is 0.100. The van der Waals surface area contributed by atoms with Gasteiger partial charge in [0.2, 0.25) is 5.90 Å². The van der Waals surface area contributed by atoms with Gasteiger partial charge in [-0.1, -0.05) is 29.4 Å². The van der Waals surface area contributed by atoms with E-state index in [2.05, 4.69) is 15.5 Å². The summed E-state index contributed by atoms with van der Waals surface area (Å²) in [5, 5.41) is 12.7. The lowest BCUT2D eigenvalue weighted by Crippen LogP contribution is -2.48. The minimum atomic E-state index is -1.67. The van der Waals surface area contributed by atoms with E-state index in [4.69, 9.17) is 34.7 Å². The number of aliphatic imine (C=N–C) groups is 1. The SMILES string of the molecule is CONC(=O)[C@@]1(CCC(=O)OC(C)(C)C)N=C(c2ccc(OCCCO)cc2)O[C@H]1c1ccccc1N=[N+]=[N-]. The first kappa shape index (κ1) is 29.4. The maximum atomic E-state index is 13.6. The van der Waals surface area contributed by atoms with Gasteiger partial charge < -0.3 is 19.3 Å². The van der Waals surface area contributed by atoms with Crippen LogP contribution in [0.5, 0.6) is 5.75 Å². The Morgan fingerprint density at radius 2 is 1.92 bits per heavy atom. The third-order valence-electron chi connectivity index (χ3n) is 5.73. The van der Waals surface area contributed by atoms with Gasteiger partial charge in [0, 0.05) is 41.2 Å². The van der Waals surface area contributed by atoms with Crippen LogP contribution in [0.1, 0.15) is 57.3 Å². The molecule has 0 unspecified atom stereocenters. The summed E-state index contributed by atoms with van der Waals surface area (Å²) < 4.78 is 17.4. The first-order chi connectivity index (χ1) is 18.6. The number of hydrogen-bond donors (Lipinski definition) is 2. The van der Waals surface area contributed by atoms with Crippen molar-refractivity contribution in [3.8, 4) is 5.75 Å². The predicted octanol–water partition coefficient (Wildman–Crippen LogP) is 4.45. The number of rotatable bonds is 12. The van der Waals surface area contributed by atoms with Crippen LogP contribution in [0.25, 0.3) is 10.4 Å². The standard InChI is InChI=1S/C27H33N5O7/c1-26(2,3)39-22(34)14-15-27(25(35)31-36-4)23(20-8-5-6-9-21(20)30-32-28)38-24(29-27)18-10-12-19(13-11-18)37-17-7-16-33/h5-6,8-13,23,33H,7,14-17H2,1-4H3,(H,31,35)/t23-,27-/m0/s1. The minimum Gasteiger partial charge on any atom is -0.494 e. The van der Waals surface area contributed by atoms with Gasteiger partial charge in [-0.15, -0.1) is 0 Å². The fourth-order valence-corrected chi connectivity index (χ4v) is 4.06. The summed E-state index contributed by atoms with van der Waals surface area (Å²) in [6, 6.07) is 13.6. The number of carbonyl (C=O) groups excluding carboxylic acids is 2. The smallest absolute Gasteiger partial charge is 0.306 e. The van der Waals surface area contributed by atoms with E-state index >= 15 is 0 Å². The molecule has 2 aromatic rings. The van der Waals surface area contributed by atoms with Crippen molar-refractivity contribution in [2.24, 2.45) is 10.1 Å². The topological polar surface area (TPSA) is 164 Å². The van der Waals surface area contributed by atoms with Crippen molar-refractivity contribution >= 4 is 23.5 Å². The fraction of sp³-hybridized carbons (Fsp3) is 0.444. The van der Waals surface area contributed by atoms with E-state index in [1.165, 1.54) is 7.11 Å². The van der Waals surface area contributed by atoms with Crippen LogP contribution in [0.3, 0.4) is 0 Å². The number of nitrogens with zero attached hydrogens (tertiary/aromatic N) is 4. The zero-order chi connectivity index (χ0) is 28.5. The molecule has 12 heteroatoms. The molecular formula is C27H33N5O7. The van der Waals surface area contributed by atoms with Gasteiger partial charge in [-0.05, 0) is 57.0 Å². The average Bonchev–Trinajstić information content (AvgIpc) is 3.28. The second-order valence-electron chi connectivity index (χ2n) is 9.76. The molecule has 1 amide bonds. The molecule has 12 nitrogen and oxygen atoms in total. The maximum Gasteiger partial charge on any atom is 0.306 e. The van der Waals surface area contributed by atoms with Gasteiger partial charge in [0.15, 0.2) is 11.6 Å². The lowest BCUT2D eigenvalue weighted by Gasteiger charge is -2.31.